The van der Waals surface area contributed by atoms with Crippen molar-refractivity contribution in [3.63, 3.8) is 0 Å². The van der Waals surface area contributed by atoms with Gasteiger partial charge < -0.3 is 9.13 Å². The number of hydrogen-bond donors (Lipinski definition) is 0. The third kappa shape index (κ3) is 11.3. The highest BCUT2D eigenvalue weighted by atomic mass is 15.1. The number of rotatable bonds is 11. The lowest BCUT2D eigenvalue weighted by molar-refractivity contribution is 1.06. The van der Waals surface area contributed by atoms with Gasteiger partial charge in [-0.25, -0.2) is 39.2 Å². The topological polar surface area (TPSA) is 165 Å². The average molecular weight is 1320 g/mol. The first kappa shape index (κ1) is 62.7. The fourth-order valence-corrected chi connectivity index (χ4v) is 13.8. The van der Waals surface area contributed by atoms with Crippen molar-refractivity contribution in [2.24, 2.45) is 0 Å². The van der Waals surface area contributed by atoms with E-state index in [9.17, 15) is 21.0 Å². The molecule has 0 atom stereocenters. The van der Waals surface area contributed by atoms with Crippen molar-refractivity contribution < 1.29 is 0 Å². The second kappa shape index (κ2) is 26.0. The largest absolute Gasteiger partial charge is 0.309 e. The van der Waals surface area contributed by atoms with Crippen LogP contribution < -0.4 is 0 Å². The molecule has 3 heterocycles. The van der Waals surface area contributed by atoms with Gasteiger partial charge in [-0.1, -0.05) is 133 Å². The second-order valence-electron chi connectivity index (χ2n) is 24.7. The molecule has 474 valence electrons. The summed E-state index contributed by atoms with van der Waals surface area (Å²) in [6.45, 7) is 39.9. The van der Waals surface area contributed by atoms with E-state index >= 15 is 0 Å². The maximum Gasteiger partial charge on any atom is 0.189 e. The van der Waals surface area contributed by atoms with Crippen molar-refractivity contribution in [1.29, 1.82) is 21.0 Å². The summed E-state index contributed by atoms with van der Waals surface area (Å²) < 4.78 is 4.41. The summed E-state index contributed by atoms with van der Waals surface area (Å²) in [6.07, 6.45) is 0. The molecule has 13 aromatic carbocycles. The summed E-state index contributed by atoms with van der Waals surface area (Å²) in [5, 5.41) is 44.0. The molecule has 14 heteroatoms. The molecular formula is C90H44N14. The smallest absolute Gasteiger partial charge is 0.189 e. The highest BCUT2D eigenvalue weighted by Crippen LogP contribution is 2.46. The average Bonchev–Trinajstić information content (AvgIpc) is 1.55. The molecule has 0 N–H and O–H groups in total. The van der Waals surface area contributed by atoms with Crippen LogP contribution in [0.4, 0.5) is 28.4 Å². The van der Waals surface area contributed by atoms with Crippen LogP contribution in [-0.2, 0) is 0 Å². The van der Waals surface area contributed by atoms with E-state index < -0.39 is 0 Å². The second-order valence-corrected chi connectivity index (χ2v) is 24.7. The van der Waals surface area contributed by atoms with Crippen LogP contribution in [0.25, 0.3) is 180 Å². The Balaban J connectivity index is 1.01. The van der Waals surface area contributed by atoms with Crippen LogP contribution in [0.3, 0.4) is 0 Å². The van der Waals surface area contributed by atoms with Gasteiger partial charge in [0.2, 0.25) is 0 Å². The van der Waals surface area contributed by atoms with E-state index in [2.05, 4.69) is 118 Å². The first-order chi connectivity index (χ1) is 51.0. The van der Waals surface area contributed by atoms with Crippen LogP contribution in [-0.4, -0.2) is 24.1 Å². The molecule has 0 bridgehead atoms. The van der Waals surface area contributed by atoms with Gasteiger partial charge in [-0.15, -0.1) is 0 Å². The Hall–Kier alpha value is -16.1. The van der Waals surface area contributed by atoms with Gasteiger partial charge in [0.15, 0.2) is 45.9 Å². The van der Waals surface area contributed by atoms with Crippen LogP contribution in [0.15, 0.2) is 267 Å². The maximum atomic E-state index is 10.2. The zero-order valence-corrected chi connectivity index (χ0v) is 54.7. The summed E-state index contributed by atoms with van der Waals surface area (Å²) in [5.41, 5.74) is 18.9. The molecule has 0 amide bonds. The molecule has 104 heavy (non-hydrogen) atoms. The van der Waals surface area contributed by atoms with Gasteiger partial charge in [-0.05, 0) is 195 Å². The predicted octanol–water partition coefficient (Wildman–Crippen LogP) is 23.3. The van der Waals surface area contributed by atoms with Crippen molar-refractivity contribution in [3.8, 4) is 137 Å². The highest BCUT2D eigenvalue weighted by molar-refractivity contribution is 6.14. The molecule has 3 aromatic heterocycles. The number of hydrogen-bond acceptors (Lipinski definition) is 7. The lowest BCUT2D eigenvalue weighted by atomic mass is 9.94. The standard InChI is InChI=1S/C90H44N14/c1-95-71-18-12-17-60(38-71)61-19-25-82(103-83-26-20-62(67-32-54(50-91)31-55(33-67)51-92)44-77(83)78-45-63(21-27-84(78)103)68-34-56(52-93)36-72(39-68)96-2)76(43-61)66-24-30-87(81(48-66)90-101-88(58-13-8-6-9-14-58)100-89(102-90)59-15-10-7-11-16-59)104-85-28-22-64(69-35-57(53-94)37-73(40-69)97-3)46-79(85)80-47-65(23-29-86(80)104)70-41-74(98-4)49-75(42-70)99-5/h6-49H. The molecule has 16 rings (SSSR count). The van der Waals surface area contributed by atoms with Crippen molar-refractivity contribution in [1.82, 2.24) is 24.1 Å². The Morgan fingerprint density at radius 1 is 0.240 bits per heavy atom. The Kier molecular flexibility index (Phi) is 15.7. The SMILES string of the molecule is [C-]#[N+]c1cccc(-c2ccc(-n3c4ccc(-c5cc(C#N)cc(C#N)c5)cc4c4cc(-c5cc(C#N)cc([N+]#[C-])c5)ccc43)c(-c3ccc(-n4c5ccc(-c6cc(C#N)cc([N+]#[C-])c6)cc5c5cc(-c6cc([N+]#[C-])cc([N+]#[C-])c6)ccc54)c(-c4nc(-c5ccccc5)nc(-c5ccccc5)n4)c3)c2)c1. The van der Waals surface area contributed by atoms with E-state index in [1.807, 2.05) is 127 Å². The molecule has 0 fully saturated rings. The van der Waals surface area contributed by atoms with E-state index in [0.717, 1.165) is 105 Å². The van der Waals surface area contributed by atoms with Crippen LogP contribution >= 0.6 is 0 Å². The molecule has 0 saturated heterocycles. The lowest BCUT2D eigenvalue weighted by Crippen LogP contribution is -2.04. The van der Waals surface area contributed by atoms with Crippen molar-refractivity contribution in [3.05, 3.63) is 346 Å². The molecule has 0 spiro atoms. The van der Waals surface area contributed by atoms with E-state index in [4.69, 9.17) is 47.8 Å². The Bertz CT molecular complexity index is 6340. The minimum absolute atomic E-state index is 0.323. The van der Waals surface area contributed by atoms with Gasteiger partial charge >= 0.3 is 0 Å². The van der Waals surface area contributed by atoms with Gasteiger partial charge in [-0.3, -0.25) is 0 Å². The van der Waals surface area contributed by atoms with Crippen LogP contribution in [0.1, 0.15) is 22.3 Å². The number of aromatic nitrogens is 5. The molecule has 14 nitrogen and oxygen atoms in total. The van der Waals surface area contributed by atoms with Gasteiger partial charge in [0.25, 0.3) is 0 Å². The first-order valence-electron chi connectivity index (χ1n) is 32.6. The molecule has 0 saturated carbocycles. The van der Waals surface area contributed by atoms with E-state index in [0.29, 0.717) is 102 Å². The summed E-state index contributed by atoms with van der Waals surface area (Å²) in [7, 11) is 0. The monoisotopic (exact) mass is 1320 g/mol. The minimum atomic E-state index is 0.323. The van der Waals surface area contributed by atoms with Crippen molar-refractivity contribution in [2.45, 2.75) is 0 Å². The number of nitriles is 4. The number of nitrogens with zero attached hydrogens (tertiary/aromatic N) is 14. The summed E-state index contributed by atoms with van der Waals surface area (Å²) in [4.78, 5) is 34.8. The van der Waals surface area contributed by atoms with Crippen LogP contribution in [0, 0.1) is 78.2 Å². The van der Waals surface area contributed by atoms with E-state index in [1.54, 1.807) is 78.9 Å². The van der Waals surface area contributed by atoms with Crippen LogP contribution in [0.5, 0.6) is 0 Å². The van der Waals surface area contributed by atoms with Gasteiger partial charge in [0.05, 0.1) is 102 Å². The minimum Gasteiger partial charge on any atom is -0.309 e. The summed E-state index contributed by atoms with van der Waals surface area (Å²) in [6, 6.07) is 93.4. The fraction of sp³-hybridized carbons (Fsp3) is 0. The molecule has 0 aliphatic carbocycles. The molecular weight excluding hydrogens is 1280 g/mol. The zero-order chi connectivity index (χ0) is 71.1. The first-order valence-corrected chi connectivity index (χ1v) is 32.6. The van der Waals surface area contributed by atoms with Crippen molar-refractivity contribution in [2.75, 3.05) is 0 Å². The lowest BCUT2D eigenvalue weighted by Gasteiger charge is -2.19. The maximum absolute atomic E-state index is 10.2. The molecule has 0 radical (unpaired) electrons. The Morgan fingerprint density at radius 2 is 0.558 bits per heavy atom. The third-order valence-corrected chi connectivity index (χ3v) is 18.6. The molecule has 0 aliphatic heterocycles. The molecule has 0 aliphatic rings. The van der Waals surface area contributed by atoms with Gasteiger partial charge in [0, 0.05) is 54.9 Å². The van der Waals surface area contributed by atoms with Gasteiger partial charge in [0.1, 0.15) is 0 Å². The van der Waals surface area contributed by atoms with Crippen LogP contribution in [0.2, 0.25) is 0 Å². The quantitative estimate of drug-likeness (QED) is 0.116. The Morgan fingerprint density at radius 3 is 0.981 bits per heavy atom. The van der Waals surface area contributed by atoms with E-state index in [-0.39, 0.29) is 0 Å². The van der Waals surface area contributed by atoms with E-state index in [1.165, 1.54) is 0 Å². The molecule has 16 aromatic rings. The molecule has 0 unspecified atom stereocenters. The van der Waals surface area contributed by atoms with Crippen molar-refractivity contribution >= 4 is 72.0 Å². The number of fused-ring (bicyclic) bond motifs is 6. The zero-order valence-electron chi connectivity index (χ0n) is 54.7. The highest BCUT2D eigenvalue weighted by Gasteiger charge is 2.25. The third-order valence-electron chi connectivity index (χ3n) is 18.6. The predicted molar refractivity (Wildman–Crippen MR) is 408 cm³/mol. The normalized spacial score (nSPS) is 10.8. The number of benzene rings is 13. The fourth-order valence-electron chi connectivity index (χ4n) is 13.8. The Labute approximate surface area is 596 Å². The summed E-state index contributed by atoms with van der Waals surface area (Å²) >= 11 is 0. The summed E-state index contributed by atoms with van der Waals surface area (Å²) in [5.74, 6) is 1.21. The van der Waals surface area contributed by atoms with Gasteiger partial charge in [-0.2, -0.15) is 21.0 Å².